The van der Waals surface area contributed by atoms with Gasteiger partial charge in [-0.2, -0.15) is 0 Å². The molecule has 2 aromatic heterocycles. The van der Waals surface area contributed by atoms with E-state index >= 15 is 0 Å². The van der Waals surface area contributed by atoms with Gasteiger partial charge in [-0.25, -0.2) is 0 Å². The van der Waals surface area contributed by atoms with Crippen LogP contribution in [0.15, 0.2) is 79.0 Å². The van der Waals surface area contributed by atoms with Crippen molar-refractivity contribution in [1.82, 2.24) is 14.9 Å². The topological polar surface area (TPSA) is 46.1 Å². The van der Waals surface area contributed by atoms with E-state index in [4.69, 9.17) is 4.98 Å². The number of amides is 1. The average molecular weight is 408 g/mol. The van der Waals surface area contributed by atoms with Gasteiger partial charge in [0.05, 0.1) is 5.52 Å². The summed E-state index contributed by atoms with van der Waals surface area (Å²) < 4.78 is 0. The predicted molar refractivity (Wildman–Crippen MR) is 123 cm³/mol. The maximum absolute atomic E-state index is 13.3. The number of carbonyl (C=O) groups excluding carboxylic acids is 1. The summed E-state index contributed by atoms with van der Waals surface area (Å²) in [4.78, 5) is 24.5. The summed E-state index contributed by atoms with van der Waals surface area (Å²) in [5.74, 6) is 0.352. The first-order valence-electron chi connectivity index (χ1n) is 10.8. The molecule has 1 saturated heterocycles. The zero-order chi connectivity index (χ0) is 21.2. The Morgan fingerprint density at radius 1 is 1.00 bits per heavy atom. The largest absolute Gasteiger partial charge is 0.338 e. The van der Waals surface area contributed by atoms with Gasteiger partial charge in [0.2, 0.25) is 0 Å². The van der Waals surface area contributed by atoms with Crippen LogP contribution in [0.4, 0.5) is 0 Å². The summed E-state index contributed by atoms with van der Waals surface area (Å²) in [5, 5.41) is 0.914. The van der Waals surface area contributed by atoms with Crippen molar-refractivity contribution in [3.8, 4) is 0 Å². The van der Waals surface area contributed by atoms with Crippen molar-refractivity contribution >= 4 is 16.8 Å². The maximum Gasteiger partial charge on any atom is 0.254 e. The molecule has 4 heteroatoms. The number of aromatic nitrogens is 2. The van der Waals surface area contributed by atoms with Gasteiger partial charge < -0.3 is 4.90 Å². The fraction of sp³-hybridized carbons (Fsp3) is 0.222. The van der Waals surface area contributed by atoms with Gasteiger partial charge in [0.25, 0.3) is 5.91 Å². The smallest absolute Gasteiger partial charge is 0.254 e. The molecule has 1 atom stereocenters. The number of benzene rings is 2. The lowest BCUT2D eigenvalue weighted by molar-refractivity contribution is 0.0792. The molecule has 1 aliphatic rings. The molecule has 5 rings (SSSR count). The lowest BCUT2D eigenvalue weighted by Crippen LogP contribution is -2.28. The molecule has 0 spiro atoms. The van der Waals surface area contributed by atoms with Crippen LogP contribution in [0.1, 0.15) is 45.2 Å². The van der Waals surface area contributed by atoms with Gasteiger partial charge >= 0.3 is 0 Å². The van der Waals surface area contributed by atoms with E-state index in [0.29, 0.717) is 6.54 Å². The van der Waals surface area contributed by atoms with Gasteiger partial charge in [0, 0.05) is 47.5 Å². The summed E-state index contributed by atoms with van der Waals surface area (Å²) in [7, 11) is 0. The Hall–Kier alpha value is -3.53. The van der Waals surface area contributed by atoms with Crippen molar-refractivity contribution in [3.05, 3.63) is 107 Å². The lowest BCUT2D eigenvalue weighted by Gasteiger charge is -2.18. The van der Waals surface area contributed by atoms with Gasteiger partial charge in [0.15, 0.2) is 0 Å². The van der Waals surface area contributed by atoms with Crippen LogP contribution in [0.5, 0.6) is 0 Å². The second-order valence-corrected chi connectivity index (χ2v) is 8.32. The number of hydrogen-bond donors (Lipinski definition) is 0. The molecule has 0 aliphatic carbocycles. The third-order valence-corrected chi connectivity index (χ3v) is 6.05. The highest BCUT2D eigenvalue weighted by Crippen LogP contribution is 2.29. The zero-order valence-corrected chi connectivity index (χ0v) is 17.7. The van der Waals surface area contributed by atoms with E-state index in [1.165, 1.54) is 11.1 Å². The second kappa shape index (κ2) is 8.31. The molecule has 1 amide bonds. The molecule has 31 heavy (non-hydrogen) atoms. The molecule has 0 saturated carbocycles. The van der Waals surface area contributed by atoms with Gasteiger partial charge in [-0.15, -0.1) is 0 Å². The molecule has 1 fully saturated rings. The van der Waals surface area contributed by atoms with Crippen molar-refractivity contribution < 1.29 is 4.79 Å². The lowest BCUT2D eigenvalue weighted by atomic mass is 9.98. The Morgan fingerprint density at radius 3 is 2.74 bits per heavy atom. The van der Waals surface area contributed by atoms with Gasteiger partial charge in [-0.05, 0) is 61.2 Å². The van der Waals surface area contributed by atoms with Crippen molar-refractivity contribution in [2.24, 2.45) is 0 Å². The normalized spacial score (nSPS) is 16.0. The fourth-order valence-corrected chi connectivity index (χ4v) is 4.56. The van der Waals surface area contributed by atoms with Crippen LogP contribution in [0, 0.1) is 6.92 Å². The van der Waals surface area contributed by atoms with E-state index in [2.05, 4.69) is 48.3 Å². The number of pyridine rings is 2. The van der Waals surface area contributed by atoms with E-state index in [1.54, 1.807) is 6.20 Å². The number of likely N-dealkylation sites (tertiary alicyclic amines) is 1. The molecule has 154 valence electrons. The number of nitrogens with zero attached hydrogens (tertiary/aromatic N) is 3. The Kier molecular flexibility index (Phi) is 5.21. The first-order valence-corrected chi connectivity index (χ1v) is 10.8. The Balaban J connectivity index is 1.36. The van der Waals surface area contributed by atoms with Crippen molar-refractivity contribution in [3.63, 3.8) is 0 Å². The molecule has 2 aromatic carbocycles. The number of aryl methyl sites for hydroxylation is 1. The highest BCUT2D eigenvalue weighted by Gasteiger charge is 2.29. The molecular weight excluding hydrogens is 382 g/mol. The second-order valence-electron chi connectivity index (χ2n) is 8.32. The fourth-order valence-electron chi connectivity index (χ4n) is 4.56. The monoisotopic (exact) mass is 407 g/mol. The maximum atomic E-state index is 13.3. The van der Waals surface area contributed by atoms with Gasteiger partial charge in [-0.1, -0.05) is 42.5 Å². The highest BCUT2D eigenvalue weighted by atomic mass is 16.2. The number of fused-ring (bicyclic) bond motifs is 1. The summed E-state index contributed by atoms with van der Waals surface area (Å²) in [5.41, 5.74) is 6.29. The van der Waals surface area contributed by atoms with Crippen molar-refractivity contribution in [2.45, 2.75) is 25.7 Å². The third kappa shape index (κ3) is 4.06. The van der Waals surface area contributed by atoms with Crippen LogP contribution >= 0.6 is 0 Å². The molecule has 3 heterocycles. The summed E-state index contributed by atoms with van der Waals surface area (Å²) in [6.07, 6.45) is 3.60. The Morgan fingerprint density at radius 2 is 1.87 bits per heavy atom. The van der Waals surface area contributed by atoms with Crippen LogP contribution < -0.4 is 0 Å². The molecule has 4 nitrogen and oxygen atoms in total. The van der Waals surface area contributed by atoms with Crippen LogP contribution in [0.25, 0.3) is 10.9 Å². The van der Waals surface area contributed by atoms with Crippen molar-refractivity contribution in [1.29, 1.82) is 0 Å². The first-order chi connectivity index (χ1) is 15.2. The number of rotatable bonds is 4. The zero-order valence-electron chi connectivity index (χ0n) is 17.7. The molecule has 0 radical (unpaired) electrons. The summed E-state index contributed by atoms with van der Waals surface area (Å²) >= 11 is 0. The number of carbonyl (C=O) groups is 1. The van der Waals surface area contributed by atoms with Gasteiger partial charge in [-0.3, -0.25) is 14.8 Å². The van der Waals surface area contributed by atoms with Crippen molar-refractivity contribution in [2.75, 3.05) is 13.1 Å². The minimum absolute atomic E-state index is 0.0817. The van der Waals surface area contributed by atoms with E-state index in [-0.39, 0.29) is 11.8 Å². The van der Waals surface area contributed by atoms with Crippen LogP contribution in [0.2, 0.25) is 0 Å². The molecule has 0 N–H and O–H groups in total. The van der Waals surface area contributed by atoms with E-state index in [1.807, 2.05) is 41.3 Å². The molecule has 0 bridgehead atoms. The first kappa shape index (κ1) is 19.4. The molecule has 1 aliphatic heterocycles. The van der Waals surface area contributed by atoms with E-state index < -0.39 is 0 Å². The average Bonchev–Trinajstić information content (AvgIpc) is 3.29. The summed E-state index contributed by atoms with van der Waals surface area (Å²) in [6, 6.07) is 24.5. The third-order valence-electron chi connectivity index (χ3n) is 6.05. The predicted octanol–water partition coefficient (Wildman–Crippen LogP) is 5.16. The van der Waals surface area contributed by atoms with Gasteiger partial charge in [0.1, 0.15) is 0 Å². The van der Waals surface area contributed by atoms with Crippen LogP contribution in [-0.4, -0.2) is 33.9 Å². The van der Waals surface area contributed by atoms with E-state index in [0.717, 1.165) is 47.2 Å². The minimum atomic E-state index is 0.0817. The Bertz CT molecular complexity index is 1230. The number of hydrogen-bond acceptors (Lipinski definition) is 3. The van der Waals surface area contributed by atoms with Crippen LogP contribution in [0.3, 0.4) is 0 Å². The highest BCUT2D eigenvalue weighted by molar-refractivity contribution is 6.06. The molecule has 4 aromatic rings. The minimum Gasteiger partial charge on any atom is -0.338 e. The van der Waals surface area contributed by atoms with Crippen LogP contribution in [-0.2, 0) is 6.42 Å². The van der Waals surface area contributed by atoms with E-state index in [9.17, 15) is 4.79 Å². The Labute approximate surface area is 182 Å². The quantitative estimate of drug-likeness (QED) is 0.469. The SMILES string of the molecule is Cc1cc(Cc2ccccc2)cc([C@H]2CCN(C(=O)c3cccc4ncccc34)C2)n1. The summed E-state index contributed by atoms with van der Waals surface area (Å²) in [6.45, 7) is 3.51. The standard InChI is InChI=1S/C27H25N3O/c1-19-15-21(16-20-7-3-2-4-8-20)17-26(29-19)22-12-14-30(18-22)27(31)24-9-5-11-25-23(24)10-6-13-28-25/h2-11,13,15,17,22H,12,14,16,18H2,1H3/t22-/m0/s1. The molecule has 0 unspecified atom stereocenters. The molecular formula is C27H25N3O.